The first-order chi connectivity index (χ1) is 14.0. The van der Waals surface area contributed by atoms with Gasteiger partial charge in [-0.3, -0.25) is 9.78 Å². The largest absolute Gasteiger partial charge is 0.507 e. The zero-order chi connectivity index (χ0) is 20.5. The van der Waals surface area contributed by atoms with E-state index in [0.717, 1.165) is 0 Å². The van der Waals surface area contributed by atoms with Crippen LogP contribution in [0.1, 0.15) is 0 Å². The minimum Gasteiger partial charge on any atom is -0.507 e. The topological polar surface area (TPSA) is 106 Å². The maximum atomic E-state index is 12.6. The summed E-state index contributed by atoms with van der Waals surface area (Å²) in [5, 5.41) is 10.5. The van der Waals surface area contributed by atoms with Crippen LogP contribution in [0, 0.1) is 0 Å². The van der Waals surface area contributed by atoms with Gasteiger partial charge in [0.1, 0.15) is 17.2 Å². The number of pyridine rings is 1. The Morgan fingerprint density at radius 2 is 1.62 bits per heavy atom. The standard InChI is InChI=1S/C21H17N3O5/c1-28-13-5-3-12(4-6-13)24-19-15(20(26)23-21(24)27)8-9-17(22-19)16-11-14(29-2)7-10-18(16)25/h3-11,25H,1-2H3,(H,23,26,27). The molecule has 2 N–H and O–H groups in total. The number of ether oxygens (including phenoxy) is 2. The van der Waals surface area contributed by atoms with E-state index in [2.05, 4.69) is 9.97 Å². The molecule has 2 aromatic heterocycles. The summed E-state index contributed by atoms with van der Waals surface area (Å²) in [5.41, 5.74) is 0.331. The lowest BCUT2D eigenvalue weighted by Gasteiger charge is -2.12. The van der Waals surface area contributed by atoms with Gasteiger partial charge in [-0.1, -0.05) is 0 Å². The molecule has 0 radical (unpaired) electrons. The molecule has 0 atom stereocenters. The number of aromatic hydroxyl groups is 1. The van der Waals surface area contributed by atoms with E-state index in [1.54, 1.807) is 55.6 Å². The average Bonchev–Trinajstić information content (AvgIpc) is 2.74. The fourth-order valence-corrected chi connectivity index (χ4v) is 3.08. The van der Waals surface area contributed by atoms with Crippen molar-refractivity contribution < 1.29 is 14.6 Å². The quantitative estimate of drug-likeness (QED) is 0.554. The molecule has 2 heterocycles. The molecule has 0 bridgehead atoms. The summed E-state index contributed by atoms with van der Waals surface area (Å²) >= 11 is 0. The van der Waals surface area contributed by atoms with E-state index < -0.39 is 11.2 Å². The molecular weight excluding hydrogens is 374 g/mol. The van der Waals surface area contributed by atoms with Crippen LogP contribution in [-0.2, 0) is 0 Å². The highest BCUT2D eigenvalue weighted by Gasteiger charge is 2.14. The van der Waals surface area contributed by atoms with Crippen LogP contribution in [0.2, 0.25) is 0 Å². The third-order valence-electron chi connectivity index (χ3n) is 4.57. The molecule has 0 saturated carbocycles. The molecule has 146 valence electrons. The highest BCUT2D eigenvalue weighted by molar-refractivity contribution is 5.80. The third-order valence-corrected chi connectivity index (χ3v) is 4.57. The van der Waals surface area contributed by atoms with Crippen molar-refractivity contribution in [2.45, 2.75) is 0 Å². The summed E-state index contributed by atoms with van der Waals surface area (Å²) in [5.74, 6) is 1.17. The molecule has 0 fully saturated rings. The van der Waals surface area contributed by atoms with Crippen LogP contribution in [0.5, 0.6) is 17.2 Å². The molecule has 0 spiro atoms. The van der Waals surface area contributed by atoms with E-state index in [4.69, 9.17) is 9.47 Å². The van der Waals surface area contributed by atoms with E-state index >= 15 is 0 Å². The van der Waals surface area contributed by atoms with Crippen molar-refractivity contribution >= 4 is 11.0 Å². The maximum Gasteiger partial charge on any atom is 0.334 e. The normalized spacial score (nSPS) is 10.8. The first kappa shape index (κ1) is 18.3. The fourth-order valence-electron chi connectivity index (χ4n) is 3.08. The Morgan fingerprint density at radius 1 is 0.931 bits per heavy atom. The maximum absolute atomic E-state index is 12.6. The summed E-state index contributed by atoms with van der Waals surface area (Å²) in [6.07, 6.45) is 0. The van der Waals surface area contributed by atoms with Crippen molar-refractivity contribution in [1.82, 2.24) is 14.5 Å². The lowest BCUT2D eigenvalue weighted by atomic mass is 10.1. The Hall–Kier alpha value is -4.07. The lowest BCUT2D eigenvalue weighted by Crippen LogP contribution is -2.29. The van der Waals surface area contributed by atoms with Gasteiger partial charge in [0.15, 0.2) is 5.65 Å². The number of aromatic amines is 1. The SMILES string of the molecule is COc1ccc(-n2c(=O)[nH]c(=O)c3ccc(-c4cc(OC)ccc4O)nc32)cc1. The van der Waals surface area contributed by atoms with Crippen molar-refractivity contribution in [1.29, 1.82) is 0 Å². The van der Waals surface area contributed by atoms with Gasteiger partial charge in [-0.05, 0) is 54.6 Å². The zero-order valence-corrected chi connectivity index (χ0v) is 15.7. The van der Waals surface area contributed by atoms with E-state index in [-0.39, 0.29) is 16.8 Å². The Balaban J connectivity index is 2.00. The minimum absolute atomic E-state index is 0.000773. The predicted molar refractivity (Wildman–Crippen MR) is 108 cm³/mol. The van der Waals surface area contributed by atoms with Gasteiger partial charge in [-0.2, -0.15) is 0 Å². The molecule has 0 unspecified atom stereocenters. The molecule has 4 rings (SSSR count). The summed E-state index contributed by atoms with van der Waals surface area (Å²) < 4.78 is 11.7. The molecular formula is C21H17N3O5. The van der Waals surface area contributed by atoms with Gasteiger partial charge in [0.05, 0.1) is 31.0 Å². The monoisotopic (exact) mass is 391 g/mol. The molecule has 8 heteroatoms. The van der Waals surface area contributed by atoms with Crippen LogP contribution in [0.25, 0.3) is 28.0 Å². The number of H-pyrrole nitrogens is 1. The van der Waals surface area contributed by atoms with Crippen LogP contribution in [-0.4, -0.2) is 33.9 Å². The molecule has 4 aromatic rings. The Morgan fingerprint density at radius 3 is 2.31 bits per heavy atom. The number of phenolic OH excluding ortho intramolecular Hbond substituents is 1. The average molecular weight is 391 g/mol. The van der Waals surface area contributed by atoms with Crippen molar-refractivity contribution in [3.63, 3.8) is 0 Å². The van der Waals surface area contributed by atoms with Crippen LogP contribution < -0.4 is 20.7 Å². The van der Waals surface area contributed by atoms with Gasteiger partial charge in [0.2, 0.25) is 0 Å². The van der Waals surface area contributed by atoms with Gasteiger partial charge in [0, 0.05) is 5.56 Å². The molecule has 0 saturated heterocycles. The van der Waals surface area contributed by atoms with E-state index in [0.29, 0.717) is 28.4 Å². The third kappa shape index (κ3) is 3.20. The van der Waals surface area contributed by atoms with Crippen molar-refractivity contribution in [2.24, 2.45) is 0 Å². The molecule has 0 amide bonds. The number of rotatable bonds is 4. The molecule has 0 aliphatic carbocycles. The van der Waals surface area contributed by atoms with Gasteiger partial charge >= 0.3 is 5.69 Å². The van der Waals surface area contributed by atoms with E-state index in [9.17, 15) is 14.7 Å². The van der Waals surface area contributed by atoms with Gasteiger partial charge in [-0.15, -0.1) is 0 Å². The molecule has 0 aliphatic rings. The van der Waals surface area contributed by atoms with Crippen molar-refractivity contribution in [2.75, 3.05) is 14.2 Å². The predicted octanol–water partition coefficient (Wildman–Crippen LogP) is 2.46. The van der Waals surface area contributed by atoms with Gasteiger partial charge < -0.3 is 14.6 Å². The molecule has 29 heavy (non-hydrogen) atoms. The number of fused-ring (bicyclic) bond motifs is 1. The highest BCUT2D eigenvalue weighted by Crippen LogP contribution is 2.32. The van der Waals surface area contributed by atoms with E-state index in [1.807, 2.05) is 0 Å². The number of hydrogen-bond donors (Lipinski definition) is 2. The van der Waals surface area contributed by atoms with Crippen LogP contribution in [0.3, 0.4) is 0 Å². The number of nitrogens with one attached hydrogen (secondary N) is 1. The number of methoxy groups -OCH3 is 2. The second kappa shape index (κ2) is 7.16. The fraction of sp³-hybridized carbons (Fsp3) is 0.0952. The number of benzene rings is 2. The number of hydrogen-bond acceptors (Lipinski definition) is 6. The van der Waals surface area contributed by atoms with Crippen LogP contribution in [0.4, 0.5) is 0 Å². The summed E-state index contributed by atoms with van der Waals surface area (Å²) in [6.45, 7) is 0. The summed E-state index contributed by atoms with van der Waals surface area (Å²) in [6, 6.07) is 14.7. The second-order valence-electron chi connectivity index (χ2n) is 6.24. The minimum atomic E-state index is -0.618. The highest BCUT2D eigenvalue weighted by atomic mass is 16.5. The second-order valence-corrected chi connectivity index (χ2v) is 6.24. The zero-order valence-electron chi connectivity index (χ0n) is 15.7. The van der Waals surface area contributed by atoms with Crippen molar-refractivity contribution in [3.8, 4) is 34.2 Å². The number of aromatic nitrogens is 3. The summed E-state index contributed by atoms with van der Waals surface area (Å²) in [4.78, 5) is 31.7. The van der Waals surface area contributed by atoms with Gasteiger partial charge in [0.25, 0.3) is 5.56 Å². The van der Waals surface area contributed by atoms with Crippen LogP contribution in [0.15, 0.2) is 64.2 Å². The van der Waals surface area contributed by atoms with Crippen LogP contribution >= 0.6 is 0 Å². The van der Waals surface area contributed by atoms with E-state index in [1.165, 1.54) is 17.7 Å². The van der Waals surface area contributed by atoms with Crippen molar-refractivity contribution in [3.05, 3.63) is 75.4 Å². The number of phenols is 1. The molecule has 8 nitrogen and oxygen atoms in total. The lowest BCUT2D eigenvalue weighted by molar-refractivity contribution is 0.412. The Labute approximate surface area is 164 Å². The molecule has 2 aromatic carbocycles. The number of nitrogens with zero attached hydrogens (tertiary/aromatic N) is 2. The van der Waals surface area contributed by atoms with Gasteiger partial charge in [-0.25, -0.2) is 14.3 Å². The first-order valence-corrected chi connectivity index (χ1v) is 8.69. The Bertz CT molecular complexity index is 1320. The first-order valence-electron chi connectivity index (χ1n) is 8.69. The summed E-state index contributed by atoms with van der Waals surface area (Å²) in [7, 11) is 3.07. The smallest absolute Gasteiger partial charge is 0.334 e. The molecule has 0 aliphatic heterocycles. The Kier molecular flexibility index (Phi) is 4.52.